The molecule has 0 rings (SSSR count). The second kappa shape index (κ2) is 35.5. The Morgan fingerprint density at radius 2 is 1.13 bits per heavy atom. The summed E-state index contributed by atoms with van der Waals surface area (Å²) in [6.45, 7) is 10.2. The standard InChI is InChI=1S/C39H75NO5/c1-4-7-10-12-13-16-23-30-38(42)44-36-27-20-15-19-26-33-40(34-35-41)32-25-18-14-17-24-31-39(43)45-37(28-21-9-6-3)29-22-11-8-5-2/h16,23,37,41H,4-15,17-22,24-36H2,1-3H3/b23-16-. The first-order chi connectivity index (χ1) is 22.1. The van der Waals surface area contributed by atoms with E-state index in [9.17, 15) is 14.7 Å². The van der Waals surface area contributed by atoms with Gasteiger partial charge in [-0.1, -0.05) is 123 Å². The Bertz CT molecular complexity index is 668. The summed E-state index contributed by atoms with van der Waals surface area (Å²) in [6, 6.07) is 0. The van der Waals surface area contributed by atoms with Crippen LogP contribution in [0.5, 0.6) is 0 Å². The minimum atomic E-state index is -0.114. The van der Waals surface area contributed by atoms with Crippen molar-refractivity contribution in [3.63, 3.8) is 0 Å². The molecular formula is C39H75NO5. The first-order valence-corrected chi connectivity index (χ1v) is 19.4. The second-order valence-corrected chi connectivity index (χ2v) is 13.1. The maximum absolute atomic E-state index is 12.5. The number of carbonyl (C=O) groups excluding carboxylic acids is 2. The predicted octanol–water partition coefficient (Wildman–Crippen LogP) is 10.5. The van der Waals surface area contributed by atoms with E-state index >= 15 is 0 Å². The van der Waals surface area contributed by atoms with E-state index in [-0.39, 0.29) is 24.6 Å². The lowest BCUT2D eigenvalue weighted by Crippen LogP contribution is -2.29. The number of hydrogen-bond acceptors (Lipinski definition) is 6. The van der Waals surface area contributed by atoms with E-state index in [2.05, 4.69) is 31.7 Å². The van der Waals surface area contributed by atoms with Crippen LogP contribution in [0.4, 0.5) is 0 Å². The largest absolute Gasteiger partial charge is 0.465 e. The molecule has 0 spiro atoms. The molecule has 6 nitrogen and oxygen atoms in total. The van der Waals surface area contributed by atoms with Crippen LogP contribution < -0.4 is 0 Å². The topological polar surface area (TPSA) is 76.1 Å². The highest BCUT2D eigenvalue weighted by molar-refractivity contribution is 5.71. The van der Waals surface area contributed by atoms with Crippen LogP contribution in [-0.4, -0.2) is 60.9 Å². The van der Waals surface area contributed by atoms with Crippen LogP contribution in [0.1, 0.15) is 188 Å². The van der Waals surface area contributed by atoms with Gasteiger partial charge in [0, 0.05) is 13.0 Å². The highest BCUT2D eigenvalue weighted by Crippen LogP contribution is 2.17. The summed E-state index contributed by atoms with van der Waals surface area (Å²) < 4.78 is 11.2. The number of esters is 2. The normalized spacial score (nSPS) is 12.3. The van der Waals surface area contributed by atoms with E-state index in [1.807, 2.05) is 6.08 Å². The van der Waals surface area contributed by atoms with E-state index in [1.54, 1.807) is 0 Å². The smallest absolute Gasteiger partial charge is 0.309 e. The van der Waals surface area contributed by atoms with Crippen LogP contribution in [0.25, 0.3) is 0 Å². The number of hydrogen-bond donors (Lipinski definition) is 1. The predicted molar refractivity (Wildman–Crippen MR) is 191 cm³/mol. The van der Waals surface area contributed by atoms with Crippen molar-refractivity contribution in [3.8, 4) is 0 Å². The summed E-state index contributed by atoms with van der Waals surface area (Å²) >= 11 is 0. The van der Waals surface area contributed by atoms with Gasteiger partial charge in [0.1, 0.15) is 6.10 Å². The van der Waals surface area contributed by atoms with E-state index in [4.69, 9.17) is 9.47 Å². The first kappa shape index (κ1) is 43.6. The molecule has 45 heavy (non-hydrogen) atoms. The highest BCUT2D eigenvalue weighted by atomic mass is 16.5. The first-order valence-electron chi connectivity index (χ1n) is 19.4. The van der Waals surface area contributed by atoms with Gasteiger partial charge in [0.25, 0.3) is 0 Å². The number of nitrogens with zero attached hydrogens (tertiary/aromatic N) is 1. The van der Waals surface area contributed by atoms with Crippen molar-refractivity contribution in [1.82, 2.24) is 4.90 Å². The summed E-state index contributed by atoms with van der Waals surface area (Å²) in [4.78, 5) is 26.7. The third-order valence-electron chi connectivity index (χ3n) is 8.64. The van der Waals surface area contributed by atoms with Crippen molar-refractivity contribution in [1.29, 1.82) is 0 Å². The van der Waals surface area contributed by atoms with Gasteiger partial charge < -0.3 is 19.5 Å². The Labute approximate surface area is 279 Å². The average Bonchev–Trinajstić information content (AvgIpc) is 3.03. The van der Waals surface area contributed by atoms with Gasteiger partial charge >= 0.3 is 11.9 Å². The molecule has 0 aliphatic heterocycles. The molecule has 0 amide bonds. The van der Waals surface area contributed by atoms with E-state index in [1.165, 1.54) is 77.0 Å². The fraction of sp³-hybridized carbons (Fsp3) is 0.897. The highest BCUT2D eigenvalue weighted by Gasteiger charge is 2.14. The minimum Gasteiger partial charge on any atom is -0.465 e. The molecule has 1 unspecified atom stereocenters. The van der Waals surface area contributed by atoms with E-state index in [0.29, 0.717) is 19.4 Å². The quantitative estimate of drug-likeness (QED) is 0.0423. The third kappa shape index (κ3) is 32.3. The third-order valence-corrected chi connectivity index (χ3v) is 8.64. The lowest BCUT2D eigenvalue weighted by Gasteiger charge is -2.21. The van der Waals surface area contributed by atoms with Crippen LogP contribution in [-0.2, 0) is 19.1 Å². The summed E-state index contributed by atoms with van der Waals surface area (Å²) in [5.41, 5.74) is 0. The summed E-state index contributed by atoms with van der Waals surface area (Å²) in [7, 11) is 0. The molecule has 0 aliphatic carbocycles. The molecule has 0 saturated heterocycles. The van der Waals surface area contributed by atoms with Gasteiger partial charge in [-0.3, -0.25) is 9.59 Å². The number of aliphatic hydroxyl groups excluding tert-OH is 1. The van der Waals surface area contributed by atoms with Crippen LogP contribution in [0.3, 0.4) is 0 Å². The van der Waals surface area contributed by atoms with Crippen molar-refractivity contribution in [2.75, 3.05) is 32.8 Å². The zero-order chi connectivity index (χ0) is 33.1. The number of carbonyl (C=O) groups is 2. The molecule has 0 aromatic heterocycles. The summed E-state index contributed by atoms with van der Waals surface area (Å²) in [5, 5.41) is 9.48. The Balaban J connectivity index is 3.83. The van der Waals surface area contributed by atoms with Crippen molar-refractivity contribution in [3.05, 3.63) is 12.2 Å². The number of ether oxygens (including phenoxy) is 2. The molecule has 0 aromatic rings. The van der Waals surface area contributed by atoms with Gasteiger partial charge in [0.05, 0.1) is 19.6 Å². The van der Waals surface area contributed by atoms with Crippen molar-refractivity contribution >= 4 is 11.9 Å². The van der Waals surface area contributed by atoms with Crippen LogP contribution >= 0.6 is 0 Å². The van der Waals surface area contributed by atoms with Crippen LogP contribution in [0.15, 0.2) is 12.2 Å². The second-order valence-electron chi connectivity index (χ2n) is 13.1. The molecule has 0 aliphatic rings. The summed E-state index contributed by atoms with van der Waals surface area (Å²) in [5.74, 6) is -0.116. The molecule has 0 saturated carbocycles. The number of unbranched alkanes of at least 4 members (excludes halogenated alkanes) is 17. The molecule has 266 valence electrons. The van der Waals surface area contributed by atoms with E-state index in [0.717, 1.165) is 96.7 Å². The van der Waals surface area contributed by atoms with Gasteiger partial charge in [0.2, 0.25) is 0 Å². The Morgan fingerprint density at radius 1 is 0.600 bits per heavy atom. The minimum absolute atomic E-state index is 0.00152. The van der Waals surface area contributed by atoms with E-state index < -0.39 is 0 Å². The fourth-order valence-electron chi connectivity index (χ4n) is 5.74. The van der Waals surface area contributed by atoms with Gasteiger partial charge in [0.15, 0.2) is 0 Å². The number of rotatable bonds is 35. The molecular weight excluding hydrogens is 562 g/mol. The maximum atomic E-state index is 12.5. The molecule has 1 atom stereocenters. The molecule has 0 radical (unpaired) electrons. The van der Waals surface area contributed by atoms with Gasteiger partial charge in [-0.2, -0.15) is 0 Å². The average molecular weight is 638 g/mol. The lowest BCUT2D eigenvalue weighted by atomic mass is 10.0. The van der Waals surface area contributed by atoms with Crippen LogP contribution in [0, 0.1) is 0 Å². The van der Waals surface area contributed by atoms with Gasteiger partial charge in [-0.25, -0.2) is 0 Å². The zero-order valence-corrected chi connectivity index (χ0v) is 30.2. The lowest BCUT2D eigenvalue weighted by molar-refractivity contribution is -0.150. The molecule has 0 bridgehead atoms. The molecule has 0 aromatic carbocycles. The molecule has 1 N–H and O–H groups in total. The Kier molecular flexibility index (Phi) is 34.4. The number of allylic oxidation sites excluding steroid dienone is 1. The molecule has 6 heteroatoms. The van der Waals surface area contributed by atoms with Crippen molar-refractivity contribution in [2.45, 2.75) is 194 Å². The fourth-order valence-corrected chi connectivity index (χ4v) is 5.74. The monoisotopic (exact) mass is 638 g/mol. The Hall–Kier alpha value is -1.40. The summed E-state index contributed by atoms with van der Waals surface area (Å²) in [6.07, 6.45) is 32.7. The SMILES string of the molecule is CCCCCC/C=C\CC(=O)OCCCCCCCN(CCO)CCCCCCCC(=O)OC(CCCCC)CCCCCC. The van der Waals surface area contributed by atoms with Crippen LogP contribution in [0.2, 0.25) is 0 Å². The molecule has 0 fully saturated rings. The van der Waals surface area contributed by atoms with Crippen molar-refractivity contribution < 1.29 is 24.2 Å². The number of aliphatic hydroxyl groups is 1. The zero-order valence-electron chi connectivity index (χ0n) is 30.2. The van der Waals surface area contributed by atoms with Gasteiger partial charge in [-0.05, 0) is 77.3 Å². The maximum Gasteiger partial charge on any atom is 0.309 e. The molecule has 0 heterocycles. The Morgan fingerprint density at radius 3 is 1.78 bits per heavy atom. The van der Waals surface area contributed by atoms with Gasteiger partial charge in [-0.15, -0.1) is 0 Å². The van der Waals surface area contributed by atoms with Crippen molar-refractivity contribution in [2.24, 2.45) is 0 Å².